The molecule has 1 saturated carbocycles. The number of aliphatic hydroxyl groups is 1. The third-order valence-electron chi connectivity index (χ3n) is 5.97. The summed E-state index contributed by atoms with van der Waals surface area (Å²) in [7, 11) is 0. The second kappa shape index (κ2) is 9.79. The molecule has 2 fully saturated rings. The highest BCUT2D eigenvalue weighted by molar-refractivity contribution is 5.69. The van der Waals surface area contributed by atoms with E-state index in [9.17, 15) is 9.90 Å². The van der Waals surface area contributed by atoms with E-state index in [1.807, 2.05) is 27.0 Å². The minimum absolute atomic E-state index is 0.0438. The number of ether oxygens (including phenoxy) is 2. The molecule has 1 atom stereocenters. The molecule has 6 nitrogen and oxygen atoms in total. The van der Waals surface area contributed by atoms with Gasteiger partial charge in [0.15, 0.2) is 0 Å². The Hall–Kier alpha value is -1.82. The number of hydrogen-bond donors (Lipinski definition) is 1. The molecule has 1 amide bonds. The van der Waals surface area contributed by atoms with Gasteiger partial charge in [-0.25, -0.2) is 4.79 Å². The van der Waals surface area contributed by atoms with E-state index in [-0.39, 0.29) is 12.1 Å². The van der Waals surface area contributed by atoms with Crippen molar-refractivity contribution in [2.75, 3.05) is 19.8 Å². The van der Waals surface area contributed by atoms with E-state index >= 15 is 0 Å². The minimum Gasteiger partial charge on any atom is -0.490 e. The minimum atomic E-state index is -0.486. The Morgan fingerprint density at radius 1 is 1.17 bits per heavy atom. The standard InChI is InChI=1S/C23H36N2O4/c1-23(2,3)29-22(27)25-10-4-5-20(25)16-28-21-12-19(13-24-14-21)11-17-6-8-18(15-26)9-7-17/h12-14,17-18,20,26H,4-11,15-16H2,1-3H3. The number of rotatable bonds is 6. The van der Waals surface area contributed by atoms with E-state index in [4.69, 9.17) is 9.47 Å². The van der Waals surface area contributed by atoms with Gasteiger partial charge in [0.25, 0.3) is 0 Å². The Bertz CT molecular complexity index is 665. The van der Waals surface area contributed by atoms with Crippen molar-refractivity contribution >= 4 is 6.09 Å². The molecule has 162 valence electrons. The summed E-state index contributed by atoms with van der Waals surface area (Å²) < 4.78 is 11.5. The van der Waals surface area contributed by atoms with Crippen molar-refractivity contribution in [1.82, 2.24) is 9.88 Å². The SMILES string of the molecule is CC(C)(C)OC(=O)N1CCCC1COc1cncc(CC2CCC(CO)CC2)c1. The normalized spacial score (nSPS) is 25.1. The molecule has 1 aromatic heterocycles. The fraction of sp³-hybridized carbons (Fsp3) is 0.739. The molecule has 1 aromatic rings. The summed E-state index contributed by atoms with van der Waals surface area (Å²) in [5.41, 5.74) is 0.713. The molecule has 1 unspecified atom stereocenters. The van der Waals surface area contributed by atoms with Gasteiger partial charge in [0, 0.05) is 19.3 Å². The molecule has 2 aliphatic rings. The van der Waals surface area contributed by atoms with Crippen molar-refractivity contribution in [1.29, 1.82) is 0 Å². The lowest BCUT2D eigenvalue weighted by atomic mass is 9.80. The van der Waals surface area contributed by atoms with Gasteiger partial charge in [0.1, 0.15) is 18.0 Å². The van der Waals surface area contributed by atoms with E-state index < -0.39 is 5.60 Å². The summed E-state index contributed by atoms with van der Waals surface area (Å²) in [6.45, 7) is 7.17. The van der Waals surface area contributed by atoms with Gasteiger partial charge >= 0.3 is 6.09 Å². The third-order valence-corrected chi connectivity index (χ3v) is 5.97. The van der Waals surface area contributed by atoms with Crippen LogP contribution in [0.1, 0.15) is 64.9 Å². The predicted octanol–water partition coefficient (Wildman–Crippen LogP) is 4.20. The van der Waals surface area contributed by atoms with Crippen molar-refractivity contribution in [2.45, 2.75) is 77.4 Å². The number of carbonyl (C=O) groups is 1. The zero-order valence-electron chi connectivity index (χ0n) is 18.1. The molecule has 1 aliphatic carbocycles. The molecule has 2 heterocycles. The van der Waals surface area contributed by atoms with Crippen LogP contribution >= 0.6 is 0 Å². The lowest BCUT2D eigenvalue weighted by Crippen LogP contribution is -2.42. The Kier molecular flexibility index (Phi) is 7.38. The first-order valence-electron chi connectivity index (χ1n) is 11.0. The number of likely N-dealkylation sites (tertiary alicyclic amines) is 1. The quantitative estimate of drug-likeness (QED) is 0.769. The van der Waals surface area contributed by atoms with Crippen molar-refractivity contribution in [3.63, 3.8) is 0 Å². The number of aromatic nitrogens is 1. The van der Waals surface area contributed by atoms with Gasteiger partial charge in [-0.2, -0.15) is 0 Å². The Morgan fingerprint density at radius 2 is 1.90 bits per heavy atom. The van der Waals surface area contributed by atoms with Crippen molar-refractivity contribution in [3.05, 3.63) is 24.0 Å². The van der Waals surface area contributed by atoms with E-state index in [0.717, 1.165) is 44.4 Å². The second-order valence-corrected chi connectivity index (χ2v) is 9.58. The first-order chi connectivity index (χ1) is 13.8. The number of amides is 1. The largest absolute Gasteiger partial charge is 0.490 e. The molecular weight excluding hydrogens is 368 g/mol. The summed E-state index contributed by atoms with van der Waals surface area (Å²) in [4.78, 5) is 18.6. The van der Waals surface area contributed by atoms with Gasteiger partial charge in [-0.05, 0) is 89.2 Å². The number of carbonyl (C=O) groups excluding carboxylic acids is 1. The average molecular weight is 405 g/mol. The highest BCUT2D eigenvalue weighted by Gasteiger charge is 2.32. The van der Waals surface area contributed by atoms with E-state index in [0.29, 0.717) is 25.0 Å². The van der Waals surface area contributed by atoms with Crippen molar-refractivity contribution in [2.24, 2.45) is 11.8 Å². The number of pyridine rings is 1. The molecule has 0 bridgehead atoms. The maximum absolute atomic E-state index is 12.4. The maximum atomic E-state index is 12.4. The fourth-order valence-corrected chi connectivity index (χ4v) is 4.37. The summed E-state index contributed by atoms with van der Waals surface area (Å²) in [5, 5.41) is 9.30. The summed E-state index contributed by atoms with van der Waals surface area (Å²) in [5.74, 6) is 1.91. The fourth-order valence-electron chi connectivity index (χ4n) is 4.37. The topological polar surface area (TPSA) is 71.9 Å². The Labute approximate surface area is 174 Å². The van der Waals surface area contributed by atoms with Crippen LogP contribution in [0.4, 0.5) is 4.79 Å². The van der Waals surface area contributed by atoms with Crippen molar-refractivity contribution < 1.29 is 19.4 Å². The van der Waals surface area contributed by atoms with Crippen LogP contribution in [0.3, 0.4) is 0 Å². The van der Waals surface area contributed by atoms with Crippen LogP contribution in [0, 0.1) is 11.8 Å². The van der Waals surface area contributed by atoms with Crippen LogP contribution in [0.2, 0.25) is 0 Å². The summed E-state index contributed by atoms with van der Waals surface area (Å²) in [6, 6.07) is 2.13. The van der Waals surface area contributed by atoms with Crippen LogP contribution < -0.4 is 4.74 Å². The van der Waals surface area contributed by atoms with E-state index in [1.54, 1.807) is 11.1 Å². The van der Waals surface area contributed by atoms with Crippen LogP contribution in [0.25, 0.3) is 0 Å². The molecule has 3 rings (SSSR count). The monoisotopic (exact) mass is 404 g/mol. The summed E-state index contributed by atoms with van der Waals surface area (Å²) >= 11 is 0. The Balaban J connectivity index is 1.50. The molecule has 0 spiro atoms. The summed E-state index contributed by atoms with van der Waals surface area (Å²) in [6.07, 6.45) is 10.9. The number of aliphatic hydroxyl groups excluding tert-OH is 1. The van der Waals surface area contributed by atoms with E-state index in [2.05, 4.69) is 11.1 Å². The van der Waals surface area contributed by atoms with Gasteiger partial charge in [-0.3, -0.25) is 4.98 Å². The van der Waals surface area contributed by atoms with E-state index in [1.165, 1.54) is 18.4 Å². The zero-order valence-corrected chi connectivity index (χ0v) is 18.1. The van der Waals surface area contributed by atoms with Gasteiger partial charge in [-0.1, -0.05) is 0 Å². The van der Waals surface area contributed by atoms with Crippen LogP contribution in [0.15, 0.2) is 18.5 Å². The van der Waals surface area contributed by atoms with Crippen LogP contribution in [-0.2, 0) is 11.2 Å². The first kappa shape index (κ1) is 21.9. The van der Waals surface area contributed by atoms with Gasteiger partial charge in [0.2, 0.25) is 0 Å². The van der Waals surface area contributed by atoms with Gasteiger partial charge < -0.3 is 19.5 Å². The molecule has 1 aliphatic heterocycles. The van der Waals surface area contributed by atoms with Crippen LogP contribution in [0.5, 0.6) is 5.75 Å². The molecule has 0 aromatic carbocycles. The lowest BCUT2D eigenvalue weighted by molar-refractivity contribution is 0.0187. The third kappa shape index (κ3) is 6.59. The van der Waals surface area contributed by atoms with Crippen LogP contribution in [-0.4, -0.2) is 52.5 Å². The van der Waals surface area contributed by atoms with Gasteiger partial charge in [-0.15, -0.1) is 0 Å². The average Bonchev–Trinajstić information content (AvgIpc) is 3.15. The van der Waals surface area contributed by atoms with Crippen molar-refractivity contribution in [3.8, 4) is 5.75 Å². The molecule has 29 heavy (non-hydrogen) atoms. The zero-order chi connectivity index (χ0) is 20.9. The molecule has 1 saturated heterocycles. The van der Waals surface area contributed by atoms with Gasteiger partial charge in [0.05, 0.1) is 12.2 Å². The molecule has 1 N–H and O–H groups in total. The highest BCUT2D eigenvalue weighted by Crippen LogP contribution is 2.31. The second-order valence-electron chi connectivity index (χ2n) is 9.58. The molecule has 0 radical (unpaired) electrons. The molecular formula is C23H36N2O4. The Morgan fingerprint density at radius 3 is 2.59 bits per heavy atom. The highest BCUT2D eigenvalue weighted by atomic mass is 16.6. The number of nitrogens with zero attached hydrogens (tertiary/aromatic N) is 2. The molecule has 6 heteroatoms. The maximum Gasteiger partial charge on any atom is 0.410 e. The lowest BCUT2D eigenvalue weighted by Gasteiger charge is -2.28. The predicted molar refractivity (Wildman–Crippen MR) is 112 cm³/mol. The smallest absolute Gasteiger partial charge is 0.410 e. The first-order valence-corrected chi connectivity index (χ1v) is 11.0. The number of hydrogen-bond acceptors (Lipinski definition) is 5.